The van der Waals surface area contributed by atoms with Crippen LogP contribution in [0.4, 0.5) is 4.39 Å². The molecule has 0 aliphatic rings. The van der Waals surface area contributed by atoms with Gasteiger partial charge in [0.05, 0.1) is 23.8 Å². The van der Waals surface area contributed by atoms with Gasteiger partial charge in [0.2, 0.25) is 5.91 Å². The molecule has 0 spiro atoms. The van der Waals surface area contributed by atoms with Crippen LogP contribution in [-0.2, 0) is 17.9 Å². The Kier molecular flexibility index (Phi) is 8.01. The molecule has 0 aliphatic heterocycles. The zero-order valence-electron chi connectivity index (χ0n) is 22.2. The quantitative estimate of drug-likeness (QED) is 0.226. The topological polar surface area (TPSA) is 70.8 Å². The summed E-state index contributed by atoms with van der Waals surface area (Å²) in [4.78, 5) is 43.5. The fourth-order valence-corrected chi connectivity index (χ4v) is 4.77. The lowest BCUT2D eigenvalue weighted by atomic mass is 10.1. The molecule has 40 heavy (non-hydrogen) atoms. The number of para-hydroxylation sites is 1. The van der Waals surface area contributed by atoms with Crippen molar-refractivity contribution in [2.45, 2.75) is 26.4 Å². The first-order valence-corrected chi connectivity index (χ1v) is 13.2. The van der Waals surface area contributed by atoms with Gasteiger partial charge in [0.25, 0.3) is 5.91 Å². The lowest BCUT2D eigenvalue weighted by Crippen LogP contribution is -2.43. The summed E-state index contributed by atoms with van der Waals surface area (Å²) < 4.78 is 19.2. The molecule has 0 fully saturated rings. The number of amides is 2. The van der Waals surface area contributed by atoms with Crippen molar-refractivity contribution in [3.05, 3.63) is 130 Å². The standard InChI is InChI=1S/C33H29FN2O4/c1-2-17-35(33(39)26-14-13-24-7-3-4-8-25(24)18-26)21-31(37)36(19-23-11-15-28(34)16-12-23)20-27-22-40-30-10-6-5-9-29(30)32(27)38/h3-16,18,22H,2,17,19-21H2,1H3. The van der Waals surface area contributed by atoms with E-state index in [2.05, 4.69) is 0 Å². The van der Waals surface area contributed by atoms with Crippen molar-refractivity contribution >= 4 is 33.6 Å². The molecule has 2 amide bonds. The summed E-state index contributed by atoms with van der Waals surface area (Å²) in [6, 6.07) is 26.1. The van der Waals surface area contributed by atoms with Crippen LogP contribution in [0.2, 0.25) is 0 Å². The second-order valence-corrected chi connectivity index (χ2v) is 9.75. The van der Waals surface area contributed by atoms with Crippen LogP contribution in [0.25, 0.3) is 21.7 Å². The molecule has 0 saturated heterocycles. The Morgan fingerprint density at radius 1 is 0.825 bits per heavy atom. The predicted octanol–water partition coefficient (Wildman–Crippen LogP) is 6.17. The Labute approximate surface area is 231 Å². The molecule has 0 aliphatic carbocycles. The van der Waals surface area contributed by atoms with Gasteiger partial charge in [0, 0.05) is 18.7 Å². The first-order valence-electron chi connectivity index (χ1n) is 13.2. The first-order chi connectivity index (χ1) is 19.4. The molecular weight excluding hydrogens is 507 g/mol. The molecule has 1 heterocycles. The number of carbonyl (C=O) groups excluding carboxylic acids is 2. The van der Waals surface area contributed by atoms with E-state index >= 15 is 0 Å². The summed E-state index contributed by atoms with van der Waals surface area (Å²) in [7, 11) is 0. The van der Waals surface area contributed by atoms with E-state index in [0.717, 1.165) is 10.8 Å². The fourth-order valence-electron chi connectivity index (χ4n) is 4.77. The highest BCUT2D eigenvalue weighted by molar-refractivity contribution is 6.00. The summed E-state index contributed by atoms with van der Waals surface area (Å²) in [6.07, 6.45) is 2.04. The van der Waals surface area contributed by atoms with Gasteiger partial charge in [-0.1, -0.05) is 61.5 Å². The maximum Gasteiger partial charge on any atom is 0.254 e. The molecule has 0 radical (unpaired) electrons. The van der Waals surface area contributed by atoms with Crippen molar-refractivity contribution in [2.75, 3.05) is 13.1 Å². The Morgan fingerprint density at radius 2 is 1.55 bits per heavy atom. The maximum atomic E-state index is 13.8. The number of carbonyl (C=O) groups is 2. The van der Waals surface area contributed by atoms with Crippen molar-refractivity contribution in [1.82, 2.24) is 9.80 Å². The molecule has 6 nitrogen and oxygen atoms in total. The van der Waals surface area contributed by atoms with Crippen molar-refractivity contribution in [3.8, 4) is 0 Å². The molecule has 0 saturated carbocycles. The minimum atomic E-state index is -0.382. The molecule has 1 aromatic heterocycles. The van der Waals surface area contributed by atoms with Crippen LogP contribution < -0.4 is 5.43 Å². The van der Waals surface area contributed by atoms with Crippen LogP contribution >= 0.6 is 0 Å². The van der Waals surface area contributed by atoms with E-state index in [0.29, 0.717) is 40.6 Å². The van der Waals surface area contributed by atoms with E-state index in [4.69, 9.17) is 4.42 Å². The lowest BCUT2D eigenvalue weighted by Gasteiger charge is -2.28. The summed E-state index contributed by atoms with van der Waals surface area (Å²) in [5.41, 5.74) is 1.75. The summed E-state index contributed by atoms with van der Waals surface area (Å²) in [6.45, 7) is 2.28. The van der Waals surface area contributed by atoms with Crippen molar-refractivity contribution in [3.63, 3.8) is 0 Å². The van der Waals surface area contributed by atoms with Crippen LogP contribution in [0.1, 0.15) is 34.8 Å². The van der Waals surface area contributed by atoms with Gasteiger partial charge in [-0.05, 0) is 59.2 Å². The summed E-state index contributed by atoms with van der Waals surface area (Å²) in [5.74, 6) is -0.959. The molecule has 0 unspecified atom stereocenters. The van der Waals surface area contributed by atoms with Gasteiger partial charge in [-0.25, -0.2) is 4.39 Å². The van der Waals surface area contributed by atoms with Crippen molar-refractivity contribution in [2.24, 2.45) is 0 Å². The molecule has 0 N–H and O–H groups in total. The number of hydrogen-bond acceptors (Lipinski definition) is 4. The van der Waals surface area contributed by atoms with E-state index in [1.165, 1.54) is 28.2 Å². The van der Waals surface area contributed by atoms with Gasteiger partial charge >= 0.3 is 0 Å². The van der Waals surface area contributed by atoms with Gasteiger partial charge in [-0.3, -0.25) is 14.4 Å². The molecule has 202 valence electrons. The van der Waals surface area contributed by atoms with Gasteiger partial charge in [-0.15, -0.1) is 0 Å². The molecular formula is C33H29FN2O4. The third-order valence-corrected chi connectivity index (χ3v) is 6.86. The third kappa shape index (κ3) is 5.94. The summed E-state index contributed by atoms with van der Waals surface area (Å²) in [5, 5.41) is 2.39. The van der Waals surface area contributed by atoms with E-state index in [1.807, 2.05) is 43.3 Å². The SMILES string of the molecule is CCCN(CC(=O)N(Cc1ccc(F)cc1)Cc1coc2ccccc2c1=O)C(=O)c1ccc2ccccc2c1. The normalized spacial score (nSPS) is 11.1. The average molecular weight is 537 g/mol. The lowest BCUT2D eigenvalue weighted by molar-refractivity contribution is -0.133. The van der Waals surface area contributed by atoms with Gasteiger partial charge in [0.1, 0.15) is 17.9 Å². The number of benzene rings is 4. The zero-order valence-corrected chi connectivity index (χ0v) is 22.2. The smallest absolute Gasteiger partial charge is 0.254 e. The van der Waals surface area contributed by atoms with Crippen molar-refractivity contribution in [1.29, 1.82) is 0 Å². The second kappa shape index (κ2) is 11.9. The van der Waals surface area contributed by atoms with E-state index in [1.54, 1.807) is 42.5 Å². The highest BCUT2D eigenvalue weighted by Gasteiger charge is 2.24. The summed E-state index contributed by atoms with van der Waals surface area (Å²) >= 11 is 0. The molecule has 4 aromatic carbocycles. The van der Waals surface area contributed by atoms with Gasteiger partial charge in [-0.2, -0.15) is 0 Å². The number of halogens is 1. The van der Waals surface area contributed by atoms with Crippen LogP contribution in [0.5, 0.6) is 0 Å². The zero-order chi connectivity index (χ0) is 28.1. The van der Waals surface area contributed by atoms with Crippen LogP contribution in [0.15, 0.2) is 106 Å². The van der Waals surface area contributed by atoms with Gasteiger partial charge in [0.15, 0.2) is 5.43 Å². The van der Waals surface area contributed by atoms with E-state index in [9.17, 15) is 18.8 Å². The average Bonchev–Trinajstić information content (AvgIpc) is 2.98. The molecule has 0 bridgehead atoms. The third-order valence-electron chi connectivity index (χ3n) is 6.86. The maximum absolute atomic E-state index is 13.8. The number of nitrogens with zero attached hydrogens (tertiary/aromatic N) is 2. The minimum absolute atomic E-state index is 0.0203. The number of rotatable bonds is 9. The Hall–Kier alpha value is -4.78. The van der Waals surface area contributed by atoms with Crippen LogP contribution in [0.3, 0.4) is 0 Å². The Morgan fingerprint density at radius 3 is 2.33 bits per heavy atom. The predicted molar refractivity (Wildman–Crippen MR) is 153 cm³/mol. The van der Waals surface area contributed by atoms with Crippen LogP contribution in [0, 0.1) is 5.82 Å². The minimum Gasteiger partial charge on any atom is -0.464 e. The van der Waals surface area contributed by atoms with Crippen LogP contribution in [-0.4, -0.2) is 34.7 Å². The van der Waals surface area contributed by atoms with E-state index < -0.39 is 0 Å². The molecule has 7 heteroatoms. The molecule has 5 aromatic rings. The first kappa shape index (κ1) is 26.8. The van der Waals surface area contributed by atoms with Crippen molar-refractivity contribution < 1.29 is 18.4 Å². The monoisotopic (exact) mass is 536 g/mol. The highest BCUT2D eigenvalue weighted by atomic mass is 19.1. The Bertz CT molecular complexity index is 1730. The van der Waals surface area contributed by atoms with Gasteiger partial charge < -0.3 is 14.2 Å². The second-order valence-electron chi connectivity index (χ2n) is 9.75. The Balaban J connectivity index is 1.43. The fraction of sp³-hybridized carbons (Fsp3) is 0.182. The number of hydrogen-bond donors (Lipinski definition) is 0. The molecule has 5 rings (SSSR count). The van der Waals surface area contributed by atoms with E-state index in [-0.39, 0.29) is 42.7 Å². The number of fused-ring (bicyclic) bond motifs is 2. The highest BCUT2D eigenvalue weighted by Crippen LogP contribution is 2.19. The largest absolute Gasteiger partial charge is 0.464 e. The molecule has 0 atom stereocenters.